The Morgan fingerprint density at radius 2 is 2.00 bits per heavy atom. The van der Waals surface area contributed by atoms with Crippen LogP contribution >= 0.6 is 27.7 Å². The highest BCUT2D eigenvalue weighted by Crippen LogP contribution is 2.20. The molecule has 0 fully saturated rings. The van der Waals surface area contributed by atoms with Crippen LogP contribution in [0.3, 0.4) is 0 Å². The third-order valence-electron chi connectivity index (χ3n) is 2.66. The summed E-state index contributed by atoms with van der Waals surface area (Å²) in [7, 11) is 0. The van der Waals surface area contributed by atoms with Crippen LogP contribution in [0.15, 0.2) is 33.6 Å². The molecule has 0 heterocycles. The van der Waals surface area contributed by atoms with Crippen LogP contribution in [0.25, 0.3) is 0 Å². The zero-order valence-corrected chi connectivity index (χ0v) is 13.7. The fourth-order valence-corrected chi connectivity index (χ4v) is 2.56. The van der Waals surface area contributed by atoms with E-state index in [0.717, 1.165) is 22.2 Å². The fourth-order valence-electron chi connectivity index (χ4n) is 1.58. The summed E-state index contributed by atoms with van der Waals surface area (Å²) in [5.41, 5.74) is 0. The lowest BCUT2D eigenvalue weighted by atomic mass is 10.1. The van der Waals surface area contributed by atoms with Gasteiger partial charge in [-0.3, -0.25) is 4.79 Å². The number of benzene rings is 1. The number of thioether (sulfide) groups is 1. The number of amides is 1. The lowest BCUT2D eigenvalue weighted by Gasteiger charge is -2.13. The third kappa shape index (κ3) is 6.43. The summed E-state index contributed by atoms with van der Waals surface area (Å²) in [4.78, 5) is 23.8. The van der Waals surface area contributed by atoms with Gasteiger partial charge in [0.25, 0.3) is 0 Å². The summed E-state index contributed by atoms with van der Waals surface area (Å²) in [6.07, 6.45) is 2.17. The number of aliphatic carboxylic acids is 1. The maximum Gasteiger partial charge on any atom is 0.326 e. The summed E-state index contributed by atoms with van der Waals surface area (Å²) in [6.45, 7) is 1.99. The van der Waals surface area contributed by atoms with Crippen molar-refractivity contribution in [2.45, 2.75) is 37.1 Å². The molecule has 2 N–H and O–H groups in total. The summed E-state index contributed by atoms with van der Waals surface area (Å²) >= 11 is 4.73. The number of rotatable bonds is 8. The Balaban J connectivity index is 2.41. The molecule has 1 atom stereocenters. The van der Waals surface area contributed by atoms with Crippen LogP contribution in [0.2, 0.25) is 0 Å². The molecule has 0 aliphatic heterocycles. The molecule has 0 aromatic heterocycles. The molecular weight excluding hydrogens is 342 g/mol. The first-order valence-electron chi connectivity index (χ1n) is 6.43. The molecule has 0 saturated heterocycles. The molecule has 0 saturated carbocycles. The van der Waals surface area contributed by atoms with Gasteiger partial charge in [0.2, 0.25) is 5.91 Å². The fraction of sp³-hybridized carbons (Fsp3) is 0.429. The van der Waals surface area contributed by atoms with Crippen LogP contribution in [-0.4, -0.2) is 28.8 Å². The topological polar surface area (TPSA) is 66.4 Å². The van der Waals surface area contributed by atoms with Gasteiger partial charge in [0.05, 0.1) is 5.75 Å². The molecule has 0 aliphatic rings. The first-order chi connectivity index (χ1) is 9.52. The van der Waals surface area contributed by atoms with Crippen molar-refractivity contribution in [1.82, 2.24) is 5.32 Å². The van der Waals surface area contributed by atoms with Gasteiger partial charge in [-0.1, -0.05) is 35.7 Å². The van der Waals surface area contributed by atoms with Crippen molar-refractivity contribution >= 4 is 39.6 Å². The number of carbonyl (C=O) groups excluding carboxylic acids is 1. The van der Waals surface area contributed by atoms with Crippen molar-refractivity contribution in [1.29, 1.82) is 0 Å². The summed E-state index contributed by atoms with van der Waals surface area (Å²) in [5, 5.41) is 11.6. The average molecular weight is 360 g/mol. The van der Waals surface area contributed by atoms with E-state index in [-0.39, 0.29) is 11.7 Å². The SMILES string of the molecule is CCCCC(NC(=O)CSc1ccc(Br)cc1)C(=O)O. The normalized spacial score (nSPS) is 11.9. The van der Waals surface area contributed by atoms with Gasteiger partial charge in [-0.25, -0.2) is 4.79 Å². The van der Waals surface area contributed by atoms with E-state index in [1.807, 2.05) is 31.2 Å². The van der Waals surface area contributed by atoms with Crippen molar-refractivity contribution in [3.05, 3.63) is 28.7 Å². The highest BCUT2D eigenvalue weighted by Gasteiger charge is 2.18. The van der Waals surface area contributed by atoms with Gasteiger partial charge < -0.3 is 10.4 Å². The van der Waals surface area contributed by atoms with Gasteiger partial charge in [0, 0.05) is 9.37 Å². The Kier molecular flexibility index (Phi) is 7.69. The summed E-state index contributed by atoms with van der Waals surface area (Å²) < 4.78 is 0.983. The molecule has 1 aromatic rings. The van der Waals surface area contributed by atoms with Gasteiger partial charge in [-0.2, -0.15) is 0 Å². The lowest BCUT2D eigenvalue weighted by Crippen LogP contribution is -2.41. The summed E-state index contributed by atoms with van der Waals surface area (Å²) in [6, 6.07) is 6.85. The molecule has 1 aromatic carbocycles. The van der Waals surface area contributed by atoms with Crippen LogP contribution in [-0.2, 0) is 9.59 Å². The molecule has 4 nitrogen and oxygen atoms in total. The van der Waals surface area contributed by atoms with E-state index in [1.54, 1.807) is 0 Å². The molecule has 0 bridgehead atoms. The molecule has 1 amide bonds. The van der Waals surface area contributed by atoms with Gasteiger partial charge in [0.1, 0.15) is 6.04 Å². The van der Waals surface area contributed by atoms with Gasteiger partial charge in [0.15, 0.2) is 0 Å². The smallest absolute Gasteiger partial charge is 0.326 e. The molecule has 6 heteroatoms. The van der Waals surface area contributed by atoms with E-state index in [0.29, 0.717) is 6.42 Å². The number of halogens is 1. The maximum absolute atomic E-state index is 11.8. The monoisotopic (exact) mass is 359 g/mol. The quantitative estimate of drug-likeness (QED) is 0.698. The molecule has 0 radical (unpaired) electrons. The summed E-state index contributed by atoms with van der Waals surface area (Å²) in [5.74, 6) is -1.00. The van der Waals surface area contributed by atoms with E-state index in [4.69, 9.17) is 5.11 Å². The van der Waals surface area contributed by atoms with E-state index in [9.17, 15) is 9.59 Å². The van der Waals surface area contributed by atoms with Crippen molar-refractivity contribution in [2.24, 2.45) is 0 Å². The maximum atomic E-state index is 11.8. The van der Waals surface area contributed by atoms with Crippen LogP contribution in [0.4, 0.5) is 0 Å². The lowest BCUT2D eigenvalue weighted by molar-refractivity contribution is -0.141. The zero-order chi connectivity index (χ0) is 15.0. The van der Waals surface area contributed by atoms with Crippen molar-refractivity contribution < 1.29 is 14.7 Å². The second kappa shape index (κ2) is 9.02. The zero-order valence-electron chi connectivity index (χ0n) is 11.3. The second-order valence-electron chi connectivity index (χ2n) is 4.34. The second-order valence-corrected chi connectivity index (χ2v) is 6.31. The Morgan fingerprint density at radius 1 is 1.35 bits per heavy atom. The van der Waals surface area contributed by atoms with Gasteiger partial charge in [-0.15, -0.1) is 11.8 Å². The number of carboxylic acids is 1. The molecular formula is C14H18BrNO3S. The number of nitrogens with one attached hydrogen (secondary N) is 1. The standard InChI is InChI=1S/C14H18BrNO3S/c1-2-3-4-12(14(18)19)16-13(17)9-20-11-7-5-10(15)6-8-11/h5-8,12H,2-4,9H2,1H3,(H,16,17)(H,18,19). The van der Waals surface area contributed by atoms with Crippen molar-refractivity contribution in [3.63, 3.8) is 0 Å². The molecule has 0 aliphatic carbocycles. The molecule has 0 spiro atoms. The molecule has 110 valence electrons. The first-order valence-corrected chi connectivity index (χ1v) is 8.21. The predicted molar refractivity (Wildman–Crippen MR) is 84.0 cm³/mol. The highest BCUT2D eigenvalue weighted by atomic mass is 79.9. The predicted octanol–water partition coefficient (Wildman–Crippen LogP) is 3.30. The minimum atomic E-state index is -0.972. The minimum absolute atomic E-state index is 0.220. The van der Waals surface area contributed by atoms with Crippen LogP contribution in [0.1, 0.15) is 26.2 Å². The van der Waals surface area contributed by atoms with E-state index in [1.165, 1.54) is 11.8 Å². The minimum Gasteiger partial charge on any atom is -0.480 e. The molecule has 20 heavy (non-hydrogen) atoms. The highest BCUT2D eigenvalue weighted by molar-refractivity contribution is 9.10. The van der Waals surface area contributed by atoms with Crippen molar-refractivity contribution in [3.8, 4) is 0 Å². The average Bonchev–Trinajstić information content (AvgIpc) is 2.42. The molecule has 1 rings (SSSR count). The number of unbranched alkanes of at least 4 members (excludes halogenated alkanes) is 1. The van der Waals surface area contributed by atoms with Gasteiger partial charge >= 0.3 is 5.97 Å². The Hall–Kier alpha value is -1.01. The Bertz CT molecular complexity index is 450. The van der Waals surface area contributed by atoms with Crippen molar-refractivity contribution in [2.75, 3.05) is 5.75 Å². The van der Waals surface area contributed by atoms with Crippen LogP contribution < -0.4 is 5.32 Å². The number of hydrogen-bond acceptors (Lipinski definition) is 3. The van der Waals surface area contributed by atoms with Gasteiger partial charge in [-0.05, 0) is 30.7 Å². The Labute approximate surface area is 131 Å². The number of carboxylic acid groups (broad SMARTS) is 1. The number of hydrogen-bond donors (Lipinski definition) is 2. The largest absolute Gasteiger partial charge is 0.480 e. The van der Waals surface area contributed by atoms with Crippen LogP contribution in [0.5, 0.6) is 0 Å². The van der Waals surface area contributed by atoms with E-state index in [2.05, 4.69) is 21.2 Å². The van der Waals surface area contributed by atoms with Crippen LogP contribution in [0, 0.1) is 0 Å². The third-order valence-corrected chi connectivity index (χ3v) is 4.20. The number of carbonyl (C=O) groups is 2. The van der Waals surface area contributed by atoms with E-state index >= 15 is 0 Å². The Morgan fingerprint density at radius 3 is 2.55 bits per heavy atom. The molecule has 1 unspecified atom stereocenters. The first kappa shape index (κ1) is 17.0. The van der Waals surface area contributed by atoms with E-state index < -0.39 is 12.0 Å².